The molecule has 1 aromatic heterocycles. The van der Waals surface area contributed by atoms with Gasteiger partial charge in [0.15, 0.2) is 0 Å². The van der Waals surface area contributed by atoms with Gasteiger partial charge in [-0.25, -0.2) is 0 Å². The lowest BCUT2D eigenvalue weighted by atomic mass is 10.0. The molecule has 0 saturated heterocycles. The largest absolute Gasteiger partial charge is 0.134 e. The maximum Gasteiger partial charge on any atom is 0.0663 e. The molecule has 0 unspecified atom stereocenters. The van der Waals surface area contributed by atoms with E-state index in [1.807, 2.05) is 18.2 Å². The molecule has 4 aromatic rings. The Bertz CT molecular complexity index is 907. The van der Waals surface area contributed by atoms with Crippen molar-refractivity contribution in [2.45, 2.75) is 0 Å². The molecule has 0 aliphatic heterocycles. The minimum Gasteiger partial charge on any atom is -0.134 e. The van der Waals surface area contributed by atoms with Crippen molar-refractivity contribution in [3.05, 3.63) is 71.8 Å². The van der Waals surface area contributed by atoms with Gasteiger partial charge in [-0.3, -0.25) is 0 Å². The fourth-order valence-electron chi connectivity index (χ4n) is 2.60. The Morgan fingerprint density at radius 2 is 1.45 bits per heavy atom. The Labute approximate surface area is 126 Å². The monoisotopic (exact) mass is 294 g/mol. The molecule has 1 heterocycles. The van der Waals surface area contributed by atoms with E-state index < -0.39 is 0 Å². The van der Waals surface area contributed by atoms with Gasteiger partial charge >= 0.3 is 0 Å². The summed E-state index contributed by atoms with van der Waals surface area (Å²) in [5.41, 5.74) is 2.27. The molecule has 0 fully saturated rings. The fraction of sp³-hybridized carbons (Fsp3) is 0. The second-order valence-electron chi connectivity index (χ2n) is 4.77. The number of halogens is 1. The van der Waals surface area contributed by atoms with E-state index in [2.05, 4.69) is 48.5 Å². The quantitative estimate of drug-likeness (QED) is 0.382. The first-order valence-corrected chi connectivity index (χ1v) is 7.69. The molecule has 0 saturated carbocycles. The average molecular weight is 295 g/mol. The SMILES string of the molecule is Clc1c(-c2ccccc2)ccc2c1sc1ccccc12. The van der Waals surface area contributed by atoms with Crippen LogP contribution in [0.3, 0.4) is 0 Å². The lowest BCUT2D eigenvalue weighted by Gasteiger charge is -2.05. The van der Waals surface area contributed by atoms with Crippen molar-refractivity contribution in [3.8, 4) is 11.1 Å². The minimum absolute atomic E-state index is 0.856. The molecule has 4 rings (SSSR count). The van der Waals surface area contributed by atoms with Crippen LogP contribution in [0.5, 0.6) is 0 Å². The average Bonchev–Trinajstić information content (AvgIpc) is 2.88. The van der Waals surface area contributed by atoms with Gasteiger partial charge in [0.05, 0.1) is 9.72 Å². The van der Waals surface area contributed by atoms with Crippen LogP contribution in [0.4, 0.5) is 0 Å². The zero-order valence-electron chi connectivity index (χ0n) is 10.6. The summed E-state index contributed by atoms with van der Waals surface area (Å²) in [6.45, 7) is 0. The van der Waals surface area contributed by atoms with Crippen molar-refractivity contribution < 1.29 is 0 Å². The van der Waals surface area contributed by atoms with E-state index in [1.165, 1.54) is 20.2 Å². The third-order valence-electron chi connectivity index (χ3n) is 3.57. The molecule has 0 nitrogen and oxygen atoms in total. The molecule has 2 heteroatoms. The van der Waals surface area contributed by atoms with Gasteiger partial charge < -0.3 is 0 Å². The third-order valence-corrected chi connectivity index (χ3v) is 5.28. The zero-order chi connectivity index (χ0) is 13.5. The van der Waals surface area contributed by atoms with E-state index in [-0.39, 0.29) is 0 Å². The van der Waals surface area contributed by atoms with Crippen LogP contribution in [0.25, 0.3) is 31.3 Å². The minimum atomic E-state index is 0.856. The number of hydrogen-bond donors (Lipinski definition) is 0. The normalized spacial score (nSPS) is 11.2. The first-order chi connectivity index (χ1) is 9.84. The standard InChI is InChI=1S/C18H11ClS/c19-17-13(12-6-2-1-3-7-12)10-11-15-14-8-4-5-9-16(14)20-18(15)17/h1-11H. The summed E-state index contributed by atoms with van der Waals surface area (Å²) in [5.74, 6) is 0. The predicted octanol–water partition coefficient (Wildman–Crippen LogP) is 6.37. The Morgan fingerprint density at radius 3 is 2.30 bits per heavy atom. The maximum atomic E-state index is 6.66. The van der Waals surface area contributed by atoms with Crippen LogP contribution >= 0.6 is 22.9 Å². The van der Waals surface area contributed by atoms with Crippen LogP contribution in [-0.2, 0) is 0 Å². The number of fused-ring (bicyclic) bond motifs is 3. The molecule has 0 N–H and O–H groups in total. The number of hydrogen-bond acceptors (Lipinski definition) is 1. The Hall–Kier alpha value is -1.83. The van der Waals surface area contributed by atoms with Gasteiger partial charge in [0.25, 0.3) is 0 Å². The molecule has 0 amide bonds. The van der Waals surface area contributed by atoms with Crippen LogP contribution in [0.15, 0.2) is 66.7 Å². The molecule has 0 aliphatic rings. The highest BCUT2D eigenvalue weighted by molar-refractivity contribution is 7.26. The number of rotatable bonds is 1. The van der Waals surface area contributed by atoms with Gasteiger partial charge in [-0.15, -0.1) is 11.3 Å². The van der Waals surface area contributed by atoms with Crippen molar-refractivity contribution in [2.24, 2.45) is 0 Å². The first kappa shape index (κ1) is 12.0. The first-order valence-electron chi connectivity index (χ1n) is 6.50. The van der Waals surface area contributed by atoms with Crippen LogP contribution in [0, 0.1) is 0 Å². The summed E-state index contributed by atoms with van der Waals surface area (Å²) >= 11 is 8.42. The van der Waals surface area contributed by atoms with Gasteiger partial charge in [0.1, 0.15) is 0 Å². The lowest BCUT2D eigenvalue weighted by molar-refractivity contribution is 1.66. The van der Waals surface area contributed by atoms with Crippen LogP contribution in [0.2, 0.25) is 5.02 Å². The molecule has 0 spiro atoms. The number of thiophene rings is 1. The fourth-order valence-corrected chi connectivity index (χ4v) is 4.13. The smallest absolute Gasteiger partial charge is 0.0663 e. The van der Waals surface area contributed by atoms with E-state index in [4.69, 9.17) is 11.6 Å². The van der Waals surface area contributed by atoms with Gasteiger partial charge in [-0.1, -0.05) is 72.3 Å². The van der Waals surface area contributed by atoms with Crippen LogP contribution in [0.1, 0.15) is 0 Å². The topological polar surface area (TPSA) is 0 Å². The molecular weight excluding hydrogens is 284 g/mol. The Morgan fingerprint density at radius 1 is 0.700 bits per heavy atom. The molecule has 3 aromatic carbocycles. The lowest BCUT2D eigenvalue weighted by Crippen LogP contribution is -1.79. The van der Waals surface area contributed by atoms with Crippen molar-refractivity contribution in [2.75, 3.05) is 0 Å². The maximum absolute atomic E-state index is 6.66. The highest BCUT2D eigenvalue weighted by Gasteiger charge is 2.12. The van der Waals surface area contributed by atoms with Crippen molar-refractivity contribution in [3.63, 3.8) is 0 Å². The summed E-state index contributed by atoms with van der Waals surface area (Å²) in [4.78, 5) is 0. The van der Waals surface area contributed by atoms with Crippen molar-refractivity contribution >= 4 is 43.1 Å². The Kier molecular flexibility index (Phi) is 2.76. The summed E-state index contributed by atoms with van der Waals surface area (Å²) in [6, 6.07) is 23.1. The molecule has 20 heavy (non-hydrogen) atoms. The second kappa shape index (κ2) is 4.62. The molecule has 96 valence electrons. The van der Waals surface area contributed by atoms with E-state index in [1.54, 1.807) is 11.3 Å². The van der Waals surface area contributed by atoms with Crippen molar-refractivity contribution in [1.29, 1.82) is 0 Å². The molecule has 0 aliphatic carbocycles. The van der Waals surface area contributed by atoms with E-state index >= 15 is 0 Å². The second-order valence-corrected chi connectivity index (χ2v) is 6.20. The summed E-state index contributed by atoms with van der Waals surface area (Å²) in [5, 5.41) is 3.39. The molecule has 0 bridgehead atoms. The van der Waals surface area contributed by atoms with Crippen LogP contribution in [-0.4, -0.2) is 0 Å². The molecular formula is C18H11ClS. The number of benzene rings is 3. The van der Waals surface area contributed by atoms with E-state index in [0.29, 0.717) is 0 Å². The summed E-state index contributed by atoms with van der Waals surface area (Å²) < 4.78 is 2.46. The summed E-state index contributed by atoms with van der Waals surface area (Å²) in [7, 11) is 0. The zero-order valence-corrected chi connectivity index (χ0v) is 12.2. The summed E-state index contributed by atoms with van der Waals surface area (Å²) in [6.07, 6.45) is 0. The van der Waals surface area contributed by atoms with Gasteiger partial charge in [0.2, 0.25) is 0 Å². The van der Waals surface area contributed by atoms with E-state index in [0.717, 1.165) is 16.1 Å². The Balaban J connectivity index is 2.07. The highest BCUT2D eigenvalue weighted by atomic mass is 35.5. The van der Waals surface area contributed by atoms with Crippen molar-refractivity contribution in [1.82, 2.24) is 0 Å². The van der Waals surface area contributed by atoms with Gasteiger partial charge in [-0.2, -0.15) is 0 Å². The van der Waals surface area contributed by atoms with Gasteiger partial charge in [-0.05, 0) is 11.6 Å². The molecule has 0 atom stereocenters. The van der Waals surface area contributed by atoms with Gasteiger partial charge in [0, 0.05) is 21.0 Å². The van der Waals surface area contributed by atoms with E-state index in [9.17, 15) is 0 Å². The predicted molar refractivity (Wildman–Crippen MR) is 89.8 cm³/mol. The van der Waals surface area contributed by atoms with Crippen LogP contribution < -0.4 is 0 Å². The molecule has 0 radical (unpaired) electrons. The highest BCUT2D eigenvalue weighted by Crippen LogP contribution is 2.42. The third kappa shape index (κ3) is 1.75.